The van der Waals surface area contributed by atoms with Gasteiger partial charge in [0.05, 0.1) is 56.3 Å². The van der Waals surface area contributed by atoms with Crippen LogP contribution in [0.2, 0.25) is 0 Å². The van der Waals surface area contributed by atoms with E-state index < -0.39 is 35.6 Å². The Labute approximate surface area is 485 Å². The molecule has 0 aliphatic carbocycles. The van der Waals surface area contributed by atoms with Gasteiger partial charge in [-0.3, -0.25) is 24.2 Å². The van der Waals surface area contributed by atoms with Crippen molar-refractivity contribution in [1.82, 2.24) is 59.6 Å². The van der Waals surface area contributed by atoms with Gasteiger partial charge in [-0.05, 0) is 162 Å². The van der Waals surface area contributed by atoms with E-state index >= 15 is 4.79 Å². The van der Waals surface area contributed by atoms with Gasteiger partial charge in [0, 0.05) is 48.8 Å². The molecular weight excluding hydrogens is 1140 g/mol. The summed E-state index contributed by atoms with van der Waals surface area (Å²) in [6, 6.07) is 17.8. The Morgan fingerprint density at radius 3 is 1.23 bits per heavy atom. The maximum absolute atomic E-state index is 15.5. The van der Waals surface area contributed by atoms with E-state index in [-0.39, 0.29) is 64.2 Å². The van der Waals surface area contributed by atoms with Crippen molar-refractivity contribution in [3.8, 4) is 0 Å². The van der Waals surface area contributed by atoms with E-state index in [0.717, 1.165) is 45.4 Å². The van der Waals surface area contributed by atoms with Gasteiger partial charge in [0.1, 0.15) is 34.1 Å². The number of hydrogen-bond donors (Lipinski definition) is 0. The Morgan fingerprint density at radius 1 is 0.500 bits per heavy atom. The molecule has 8 aromatic rings. The topological polar surface area (TPSA) is 151 Å². The van der Waals surface area contributed by atoms with Crippen molar-refractivity contribution < 1.29 is 49.5 Å². The number of hydrogen-bond acceptors (Lipinski definition) is 13. The van der Waals surface area contributed by atoms with Gasteiger partial charge >= 0.3 is 12.4 Å². The summed E-state index contributed by atoms with van der Waals surface area (Å²) in [5.74, 6) is -1.06. The van der Waals surface area contributed by atoms with Gasteiger partial charge in [-0.25, -0.2) is 28.1 Å². The van der Waals surface area contributed by atoms with Crippen molar-refractivity contribution in [3.05, 3.63) is 151 Å². The fourth-order valence-corrected chi connectivity index (χ4v) is 14.4. The molecule has 4 fully saturated rings. The SMILES string of the molecule is O=C(C(Cc1ccc(F)cc1)N1CCC(c2nc(C(=O)N3CCC(n4nnc5cc(C(F)(F)F)ccc54)CC3)cs2)CC1)C(Cc1ccc(F)cc1)N1CCC(c2nc(C(=O)N3CCC(n4nnc5cc(C(F)(F)F)ccc54)CC3)cs2)CC1. The second-order valence-electron chi connectivity index (χ2n) is 22.4. The number of Topliss-reactive ketones (excluding diaryl/α,β-unsaturated/α-hetero) is 1. The summed E-state index contributed by atoms with van der Waals surface area (Å²) >= 11 is 2.88. The lowest BCUT2D eigenvalue weighted by Gasteiger charge is -2.41. The number of thiazole rings is 2. The van der Waals surface area contributed by atoms with Crippen molar-refractivity contribution in [3.63, 3.8) is 0 Å². The summed E-state index contributed by atoms with van der Waals surface area (Å²) in [5, 5.41) is 21.6. The zero-order valence-electron chi connectivity index (χ0n) is 45.4. The Kier molecular flexibility index (Phi) is 16.2. The van der Waals surface area contributed by atoms with Gasteiger partial charge in [0.2, 0.25) is 0 Å². The van der Waals surface area contributed by atoms with Gasteiger partial charge in [0.15, 0.2) is 5.78 Å². The quantitative estimate of drug-likeness (QED) is 0.0957. The second kappa shape index (κ2) is 23.8. The molecule has 8 heterocycles. The largest absolute Gasteiger partial charge is 0.416 e. The molecule has 0 saturated carbocycles. The number of rotatable bonds is 14. The summed E-state index contributed by atoms with van der Waals surface area (Å²) in [4.78, 5) is 60.8. The molecular formula is C59H58F8N12O3S2. The summed E-state index contributed by atoms with van der Waals surface area (Å²) in [5.41, 5.74) is 2.09. The molecule has 15 nitrogen and oxygen atoms in total. The van der Waals surface area contributed by atoms with Crippen LogP contribution in [0.3, 0.4) is 0 Å². The van der Waals surface area contributed by atoms with Crippen molar-refractivity contribution in [2.45, 2.75) is 113 Å². The standard InChI is InChI=1S/C59H58F8N12O3S2/c60-41-7-1-35(2-8-41)29-51(74-21-13-37(14-22-74)54-68-47(33-83-54)56(81)76-25-17-43(18-26-76)78-49-11-5-39(58(62,63)64)31-45(49)70-72-78)53(80)52(30-36-3-9-42(61)10-4-36)75-23-15-38(16-24-75)55-69-48(34-84-55)57(82)77-27-19-44(20-28-77)79-50-12-6-40(59(65,66)67)32-46(50)71-73-79/h1-12,31-34,37-38,43-44,51-52H,13-30H2. The molecule has 2 unspecified atom stereocenters. The van der Waals surface area contributed by atoms with E-state index in [1.54, 1.807) is 54.2 Å². The number of alkyl halides is 6. The molecule has 0 radical (unpaired) electrons. The average Bonchev–Trinajstić information content (AvgIpc) is 4.30. The molecule has 4 saturated heterocycles. The normalized spacial score (nSPS) is 18.7. The van der Waals surface area contributed by atoms with Crippen LogP contribution in [0, 0.1) is 11.6 Å². The van der Waals surface area contributed by atoms with Gasteiger partial charge < -0.3 is 9.80 Å². The molecule has 4 aliphatic rings. The number of carbonyl (C=O) groups is 3. The molecule has 84 heavy (non-hydrogen) atoms. The smallest absolute Gasteiger partial charge is 0.337 e. The number of halogens is 8. The first-order valence-electron chi connectivity index (χ1n) is 28.2. The molecule has 0 N–H and O–H groups in total. The molecule has 12 rings (SSSR count). The van der Waals surface area contributed by atoms with E-state index in [4.69, 9.17) is 9.97 Å². The van der Waals surface area contributed by atoms with Gasteiger partial charge in [-0.1, -0.05) is 34.7 Å². The number of likely N-dealkylation sites (tertiary alicyclic amines) is 4. The minimum atomic E-state index is -4.49. The fourth-order valence-electron chi connectivity index (χ4n) is 12.5. The van der Waals surface area contributed by atoms with Crippen LogP contribution in [-0.2, 0) is 30.0 Å². The lowest BCUT2D eigenvalue weighted by Crippen LogP contribution is -2.55. The minimum absolute atomic E-state index is 0.0116. The lowest BCUT2D eigenvalue weighted by molar-refractivity contribution is -0.138. The lowest BCUT2D eigenvalue weighted by atomic mass is 9.87. The summed E-state index contributed by atoms with van der Waals surface area (Å²) in [7, 11) is 0. The first-order valence-corrected chi connectivity index (χ1v) is 30.0. The first kappa shape index (κ1) is 57.3. The average molecular weight is 1200 g/mol. The van der Waals surface area contributed by atoms with E-state index in [0.29, 0.717) is 139 Å². The van der Waals surface area contributed by atoms with Crippen LogP contribution in [0.4, 0.5) is 35.1 Å². The number of carbonyl (C=O) groups excluding carboxylic acids is 3. The van der Waals surface area contributed by atoms with Gasteiger partial charge in [-0.2, -0.15) is 26.3 Å². The van der Waals surface area contributed by atoms with Crippen LogP contribution >= 0.6 is 22.7 Å². The van der Waals surface area contributed by atoms with Crippen LogP contribution in [-0.4, -0.2) is 142 Å². The highest BCUT2D eigenvalue weighted by Crippen LogP contribution is 2.38. The molecule has 4 aromatic carbocycles. The number of aromatic nitrogens is 8. The Bertz CT molecular complexity index is 3410. The molecule has 2 atom stereocenters. The second-order valence-corrected chi connectivity index (χ2v) is 24.2. The van der Waals surface area contributed by atoms with E-state index in [9.17, 15) is 44.7 Å². The third-order valence-electron chi connectivity index (χ3n) is 17.3. The molecule has 4 aromatic heterocycles. The molecule has 0 spiro atoms. The highest BCUT2D eigenvalue weighted by Gasteiger charge is 2.40. The van der Waals surface area contributed by atoms with E-state index in [1.165, 1.54) is 59.1 Å². The van der Waals surface area contributed by atoms with Crippen LogP contribution in [0.5, 0.6) is 0 Å². The number of piperidine rings is 4. The number of nitrogens with zero attached hydrogens (tertiary/aromatic N) is 12. The first-order chi connectivity index (χ1) is 40.4. The molecule has 2 amide bonds. The summed E-state index contributed by atoms with van der Waals surface area (Å²) < 4.78 is 112. The predicted octanol–water partition coefficient (Wildman–Crippen LogP) is 11.2. The van der Waals surface area contributed by atoms with E-state index in [1.807, 2.05) is 0 Å². The van der Waals surface area contributed by atoms with E-state index in [2.05, 4.69) is 30.4 Å². The summed E-state index contributed by atoms with van der Waals surface area (Å²) in [6.07, 6.45) is -3.41. The number of ketones is 1. The minimum Gasteiger partial charge on any atom is -0.337 e. The zero-order valence-corrected chi connectivity index (χ0v) is 47.0. The zero-order chi connectivity index (χ0) is 58.4. The van der Waals surface area contributed by atoms with Gasteiger partial charge in [-0.15, -0.1) is 32.9 Å². The maximum Gasteiger partial charge on any atom is 0.416 e. The molecule has 440 valence electrons. The Hall–Kier alpha value is -7.09. The van der Waals surface area contributed by atoms with Crippen LogP contribution in [0.25, 0.3) is 22.1 Å². The summed E-state index contributed by atoms with van der Waals surface area (Å²) in [6.45, 7) is 3.91. The third-order valence-corrected chi connectivity index (χ3v) is 19.3. The van der Waals surface area contributed by atoms with Crippen LogP contribution in [0.1, 0.15) is 129 Å². The Morgan fingerprint density at radius 2 is 0.869 bits per heavy atom. The monoisotopic (exact) mass is 1200 g/mol. The van der Waals surface area contributed by atoms with Crippen LogP contribution in [0.15, 0.2) is 95.7 Å². The molecule has 25 heteroatoms. The highest BCUT2D eigenvalue weighted by atomic mass is 32.1. The number of fused-ring (bicyclic) bond motifs is 2. The van der Waals surface area contributed by atoms with Crippen molar-refractivity contribution in [2.75, 3.05) is 52.4 Å². The predicted molar refractivity (Wildman–Crippen MR) is 298 cm³/mol. The van der Waals surface area contributed by atoms with Crippen molar-refractivity contribution in [1.29, 1.82) is 0 Å². The number of amides is 2. The van der Waals surface area contributed by atoms with Crippen molar-refractivity contribution >= 4 is 62.3 Å². The number of benzene rings is 4. The van der Waals surface area contributed by atoms with Gasteiger partial charge in [0.25, 0.3) is 11.8 Å². The Balaban J connectivity index is 0.682. The molecule has 0 bridgehead atoms. The van der Waals surface area contributed by atoms with Crippen LogP contribution < -0.4 is 0 Å². The third kappa shape index (κ3) is 12.2. The fraction of sp³-hybridized carbons (Fsp3) is 0.441. The maximum atomic E-state index is 15.5. The highest BCUT2D eigenvalue weighted by molar-refractivity contribution is 7.10. The molecule has 4 aliphatic heterocycles. The van der Waals surface area contributed by atoms with Crippen molar-refractivity contribution in [2.24, 2.45) is 0 Å².